The Morgan fingerprint density at radius 3 is 2.40 bits per heavy atom. The van der Waals surface area contributed by atoms with Crippen LogP contribution in [0.25, 0.3) is 6.08 Å². The molecular weight excluding hydrogens is 530 g/mol. The maximum atomic E-state index is 14.8. The van der Waals surface area contributed by atoms with Crippen molar-refractivity contribution in [2.24, 2.45) is 5.92 Å². The standard InChI is InChI=1S/C34H25N3O5/c1-20-13-15-22(16-14-20)31(39)29-28(30(38)23-8-6-9-24(19-23)37(41)42)34(26-11-4-5-12-27(26)35-33(34)40)32-25-10-3-2-7-21(25)17-18-36(29)32/h2-19,28-29,32H,1H3,(H,35,40)/t28-,29+,32+,34-/m1/s1. The molecule has 1 amide bonds. The summed E-state index contributed by atoms with van der Waals surface area (Å²) in [6.07, 6.45) is 3.70. The van der Waals surface area contributed by atoms with Crippen LogP contribution >= 0.6 is 0 Å². The highest BCUT2D eigenvalue weighted by Gasteiger charge is 2.70. The Morgan fingerprint density at radius 2 is 1.62 bits per heavy atom. The predicted octanol–water partition coefficient (Wildman–Crippen LogP) is 5.88. The summed E-state index contributed by atoms with van der Waals surface area (Å²) in [4.78, 5) is 56.7. The first-order valence-corrected chi connectivity index (χ1v) is 13.7. The molecule has 7 rings (SSSR count). The van der Waals surface area contributed by atoms with Crippen LogP contribution in [0.4, 0.5) is 11.4 Å². The zero-order valence-electron chi connectivity index (χ0n) is 22.6. The number of aryl methyl sites for hydroxylation is 1. The van der Waals surface area contributed by atoms with Gasteiger partial charge in [0.25, 0.3) is 5.69 Å². The maximum absolute atomic E-state index is 14.8. The van der Waals surface area contributed by atoms with Crippen molar-refractivity contribution in [1.82, 2.24) is 4.90 Å². The smallest absolute Gasteiger partial charge is 0.270 e. The molecule has 4 aromatic rings. The second-order valence-electron chi connectivity index (χ2n) is 11.0. The molecule has 3 heterocycles. The number of nitrogens with zero attached hydrogens (tertiary/aromatic N) is 2. The second kappa shape index (κ2) is 9.34. The third-order valence-corrected chi connectivity index (χ3v) is 8.80. The van der Waals surface area contributed by atoms with Crippen LogP contribution in [-0.2, 0) is 10.2 Å². The lowest BCUT2D eigenvalue weighted by molar-refractivity contribution is -0.384. The Hall–Kier alpha value is -5.37. The van der Waals surface area contributed by atoms with E-state index in [0.29, 0.717) is 16.8 Å². The van der Waals surface area contributed by atoms with Gasteiger partial charge in [0.05, 0.1) is 16.9 Å². The molecule has 1 N–H and O–H groups in total. The van der Waals surface area contributed by atoms with Crippen molar-refractivity contribution < 1.29 is 19.3 Å². The highest BCUT2D eigenvalue weighted by molar-refractivity contribution is 6.16. The Morgan fingerprint density at radius 1 is 0.881 bits per heavy atom. The SMILES string of the molecule is Cc1ccc(C(=O)[C@@H]2[C@H](C(=O)c3cccc([N+](=O)[O-])c3)[C@@]3(C(=O)Nc4ccccc43)[C@@H]3c4ccccc4C=CN23)cc1. The Balaban J connectivity index is 1.53. The van der Waals surface area contributed by atoms with Crippen molar-refractivity contribution in [1.29, 1.82) is 0 Å². The predicted molar refractivity (Wildman–Crippen MR) is 157 cm³/mol. The lowest BCUT2D eigenvalue weighted by atomic mass is 9.62. The van der Waals surface area contributed by atoms with E-state index in [2.05, 4.69) is 5.32 Å². The van der Waals surface area contributed by atoms with Crippen molar-refractivity contribution in [2.75, 3.05) is 5.32 Å². The van der Waals surface area contributed by atoms with Crippen molar-refractivity contribution in [3.8, 4) is 0 Å². The molecule has 206 valence electrons. The number of hydrogen-bond donors (Lipinski definition) is 1. The number of non-ortho nitro benzene ring substituents is 1. The minimum Gasteiger partial charge on any atom is -0.358 e. The third-order valence-electron chi connectivity index (χ3n) is 8.80. The van der Waals surface area contributed by atoms with Crippen LogP contribution in [0.2, 0.25) is 0 Å². The molecular formula is C34H25N3O5. The molecule has 0 radical (unpaired) electrons. The Kier molecular flexibility index (Phi) is 5.69. The van der Waals surface area contributed by atoms with Crippen molar-refractivity contribution in [3.63, 3.8) is 0 Å². The van der Waals surface area contributed by atoms with Crippen LogP contribution in [0.15, 0.2) is 103 Å². The molecule has 0 unspecified atom stereocenters. The summed E-state index contributed by atoms with van der Waals surface area (Å²) in [5.41, 5.74) is 2.64. The van der Waals surface area contributed by atoms with Gasteiger partial charge in [-0.1, -0.05) is 84.4 Å². The van der Waals surface area contributed by atoms with Crippen molar-refractivity contribution in [2.45, 2.75) is 24.4 Å². The summed E-state index contributed by atoms with van der Waals surface area (Å²) >= 11 is 0. The van der Waals surface area contributed by atoms with E-state index in [1.165, 1.54) is 24.3 Å². The zero-order valence-corrected chi connectivity index (χ0v) is 22.6. The lowest BCUT2D eigenvalue weighted by Gasteiger charge is -2.38. The lowest BCUT2D eigenvalue weighted by Crippen LogP contribution is -2.49. The number of nitro benzene ring substituents is 1. The summed E-state index contributed by atoms with van der Waals surface area (Å²) in [7, 11) is 0. The number of amides is 1. The normalized spacial score (nSPS) is 23.2. The molecule has 4 aromatic carbocycles. The summed E-state index contributed by atoms with van der Waals surface area (Å²) in [5.74, 6) is -2.39. The molecule has 3 aliphatic heterocycles. The molecule has 0 saturated carbocycles. The van der Waals surface area contributed by atoms with Crippen LogP contribution in [0.3, 0.4) is 0 Å². The molecule has 1 saturated heterocycles. The third kappa shape index (κ3) is 3.51. The van der Waals surface area contributed by atoms with Crippen molar-refractivity contribution in [3.05, 3.63) is 147 Å². The number of benzene rings is 4. The van der Waals surface area contributed by atoms with Gasteiger partial charge in [0.2, 0.25) is 5.91 Å². The minimum atomic E-state index is -1.50. The highest BCUT2D eigenvalue weighted by Crippen LogP contribution is 2.62. The fourth-order valence-electron chi connectivity index (χ4n) is 7.01. The first-order valence-electron chi connectivity index (χ1n) is 13.7. The fraction of sp³-hybridized carbons (Fsp3) is 0.147. The van der Waals surface area contributed by atoms with Gasteiger partial charge < -0.3 is 10.2 Å². The Labute approximate surface area is 241 Å². The fourth-order valence-corrected chi connectivity index (χ4v) is 7.01. The van der Waals surface area contributed by atoms with Gasteiger partial charge in [0.1, 0.15) is 11.5 Å². The molecule has 8 nitrogen and oxygen atoms in total. The van der Waals surface area contributed by atoms with Crippen LogP contribution < -0.4 is 5.32 Å². The number of Topliss-reactive ketones (excluding diaryl/α,β-unsaturated/α-hetero) is 2. The van der Waals surface area contributed by atoms with Gasteiger partial charge in [0.15, 0.2) is 11.6 Å². The molecule has 4 atom stereocenters. The first kappa shape index (κ1) is 25.6. The van der Waals surface area contributed by atoms with Crippen LogP contribution in [-0.4, -0.2) is 33.3 Å². The zero-order chi connectivity index (χ0) is 29.2. The number of carbonyl (C=O) groups excluding carboxylic acids is 3. The number of fused-ring (bicyclic) bond motifs is 6. The topological polar surface area (TPSA) is 110 Å². The van der Waals surface area contributed by atoms with Gasteiger partial charge in [-0.25, -0.2) is 0 Å². The highest BCUT2D eigenvalue weighted by atomic mass is 16.6. The molecule has 1 fully saturated rings. The molecule has 8 heteroatoms. The Bertz CT molecular complexity index is 1850. The van der Waals surface area contributed by atoms with E-state index in [9.17, 15) is 24.5 Å². The van der Waals surface area contributed by atoms with Gasteiger partial charge in [0, 0.05) is 35.1 Å². The van der Waals surface area contributed by atoms with Gasteiger partial charge >= 0.3 is 0 Å². The number of rotatable bonds is 5. The van der Waals surface area contributed by atoms with Crippen LogP contribution in [0.5, 0.6) is 0 Å². The van der Waals surface area contributed by atoms with Gasteiger partial charge in [-0.3, -0.25) is 24.5 Å². The molecule has 3 aliphatic rings. The number of para-hydroxylation sites is 1. The molecule has 0 bridgehead atoms. The van der Waals surface area contributed by atoms with Crippen molar-refractivity contribution >= 4 is 34.9 Å². The largest absolute Gasteiger partial charge is 0.358 e. The van der Waals surface area contributed by atoms with E-state index >= 15 is 0 Å². The summed E-state index contributed by atoms with van der Waals surface area (Å²) in [6, 6.07) is 25.8. The van der Waals surface area contributed by atoms with Gasteiger partial charge in [-0.05, 0) is 35.8 Å². The second-order valence-corrected chi connectivity index (χ2v) is 11.0. The number of nitro groups is 1. The molecule has 1 spiro atoms. The first-order chi connectivity index (χ1) is 20.3. The minimum absolute atomic E-state index is 0.0737. The van der Waals surface area contributed by atoms with Gasteiger partial charge in [-0.15, -0.1) is 0 Å². The number of carbonyl (C=O) groups is 3. The molecule has 42 heavy (non-hydrogen) atoms. The number of ketones is 2. The van der Waals surface area contributed by atoms with E-state index in [1.54, 1.807) is 24.4 Å². The van der Waals surface area contributed by atoms with E-state index in [4.69, 9.17) is 0 Å². The van der Waals surface area contributed by atoms with Gasteiger partial charge in [-0.2, -0.15) is 0 Å². The van der Waals surface area contributed by atoms with Crippen LogP contribution in [0, 0.1) is 23.0 Å². The van der Waals surface area contributed by atoms with E-state index in [1.807, 2.05) is 72.5 Å². The average molecular weight is 556 g/mol. The van der Waals surface area contributed by atoms with Crippen LogP contribution in [0.1, 0.15) is 49.0 Å². The maximum Gasteiger partial charge on any atom is 0.270 e. The summed E-state index contributed by atoms with van der Waals surface area (Å²) < 4.78 is 0. The summed E-state index contributed by atoms with van der Waals surface area (Å²) in [5, 5.41) is 14.7. The quantitative estimate of drug-likeness (QED) is 0.187. The summed E-state index contributed by atoms with van der Waals surface area (Å²) in [6.45, 7) is 1.92. The van der Waals surface area contributed by atoms with E-state index in [-0.39, 0.29) is 22.9 Å². The number of hydrogen-bond acceptors (Lipinski definition) is 6. The van der Waals surface area contributed by atoms with E-state index in [0.717, 1.165) is 16.7 Å². The molecule has 0 aliphatic carbocycles. The van der Waals surface area contributed by atoms with E-state index < -0.39 is 34.1 Å². The number of anilines is 1. The average Bonchev–Trinajstić information content (AvgIpc) is 3.49. The monoisotopic (exact) mass is 555 g/mol. The number of nitrogens with one attached hydrogen (secondary N) is 1. The molecule has 0 aromatic heterocycles.